The van der Waals surface area contributed by atoms with E-state index in [9.17, 15) is 71.1 Å². The van der Waals surface area contributed by atoms with Crippen LogP contribution in [0.1, 0.15) is 124 Å². The van der Waals surface area contributed by atoms with Crippen LogP contribution in [-0.4, -0.2) is 224 Å². The Bertz CT molecular complexity index is 4300. The molecule has 22 atom stereocenters. The van der Waals surface area contributed by atoms with Crippen molar-refractivity contribution in [1.29, 1.82) is 0 Å². The van der Waals surface area contributed by atoms with E-state index in [4.69, 9.17) is 47.4 Å². The first-order valence-corrected chi connectivity index (χ1v) is 32.6. The average Bonchev–Trinajstić information content (AvgIpc) is 1.66. The molecule has 0 aromatic heterocycles. The molecular formula is C68H80N6O24. The number of carbonyl (C=O) groups excluding carboxylic acids is 2. The number of aliphatic hydroxyl groups excluding tert-OH is 4. The van der Waals surface area contributed by atoms with Crippen molar-refractivity contribution in [3.63, 3.8) is 0 Å². The number of ketones is 2. The standard InChI is InChI=1S/C68H80N6O24/c1-13-67(97-37-21-33(89-11)57(81)25(5)93-37)51(63(87)45-43-47(61(85)41-29(77)17-15-27(75)39(41)59(43)83)53(71-69)49(45)65(67)95-35-19-31(79)55(73(7)8)23(3)91-35)52-64(88)46-44-48(62(86)42-30(78)18-16-28(76)40(42)60(44)84)54(72-70)50(46)66(96-36-20-32(80)56(74(9)10)24(4)92-36)68(52,14-2)98-38-22-34(90-12)58(82)26(6)94-38/h15-18,23-26,31-38,51-52,55-58,65-66,79-86H,13-14,19-22H2,1-12H3/t23-,24-,25+,26+,31-,32-,33+,34+,35+,36+,37+,38+,51+,52+,55-,56-,57+,58+,65-,66-,67+,68+/m1/s1. The second-order valence-electron chi connectivity index (χ2n) is 27.2. The van der Waals surface area contributed by atoms with Gasteiger partial charge >= 0.3 is 10.7 Å². The van der Waals surface area contributed by atoms with Gasteiger partial charge in [-0.15, -0.1) is 0 Å². The molecule has 0 saturated carbocycles. The maximum absolute atomic E-state index is 17.9. The minimum Gasteiger partial charge on any atom is -0.506 e. The lowest BCUT2D eigenvalue weighted by Gasteiger charge is -2.58. The van der Waals surface area contributed by atoms with Crippen LogP contribution in [0.2, 0.25) is 0 Å². The molecule has 526 valence electrons. The topological polar surface area (TPSA) is 436 Å². The first kappa shape index (κ1) is 70.6. The van der Waals surface area contributed by atoms with E-state index in [-0.39, 0.29) is 25.7 Å². The van der Waals surface area contributed by atoms with Gasteiger partial charge in [0.2, 0.25) is 0 Å². The summed E-state index contributed by atoms with van der Waals surface area (Å²) in [5, 5.41) is 90.9. The van der Waals surface area contributed by atoms with Crippen LogP contribution in [0.25, 0.3) is 54.2 Å². The van der Waals surface area contributed by atoms with Crippen LogP contribution in [0.3, 0.4) is 0 Å². The Morgan fingerprint density at radius 2 is 0.786 bits per heavy atom. The highest BCUT2D eigenvalue weighted by Crippen LogP contribution is 2.63. The Balaban J connectivity index is 1.27. The largest absolute Gasteiger partial charge is 0.506 e. The number of Topliss-reactive ketones (excluding diaryl/α,β-unsaturated/α-hetero) is 2. The van der Waals surface area contributed by atoms with E-state index in [1.165, 1.54) is 41.9 Å². The fourth-order valence-electron chi connectivity index (χ4n) is 17.2. The monoisotopic (exact) mass is 1360 g/mol. The lowest BCUT2D eigenvalue weighted by molar-refractivity contribution is -0.352. The number of likely N-dealkylation sites (N-methyl/N-ethyl adjacent to an activating group) is 2. The second kappa shape index (κ2) is 26.0. The van der Waals surface area contributed by atoms with E-state index in [1.54, 1.807) is 51.8 Å². The minimum absolute atomic E-state index is 0.351. The first-order chi connectivity index (χ1) is 46.4. The summed E-state index contributed by atoms with van der Waals surface area (Å²) >= 11 is 0. The van der Waals surface area contributed by atoms with Gasteiger partial charge in [0.25, 0.3) is 0 Å². The molecule has 0 spiro atoms. The van der Waals surface area contributed by atoms with Gasteiger partial charge in [-0.05, 0) is 93.0 Å². The van der Waals surface area contributed by atoms with Gasteiger partial charge in [-0.1, -0.05) is 13.8 Å². The van der Waals surface area contributed by atoms with E-state index in [2.05, 4.69) is 9.58 Å². The Morgan fingerprint density at radius 1 is 0.480 bits per heavy atom. The molecule has 4 heterocycles. The quantitative estimate of drug-likeness (QED) is 0.0407. The summed E-state index contributed by atoms with van der Waals surface area (Å²) in [4.78, 5) is 103. The molecule has 2 aliphatic carbocycles. The molecular weight excluding hydrogens is 1280 g/mol. The molecule has 0 bridgehead atoms. The molecule has 6 aliphatic rings. The predicted octanol–water partition coefficient (Wildman–Crippen LogP) is 1.22. The molecule has 30 heteroatoms. The van der Waals surface area contributed by atoms with E-state index < -0.39 is 279 Å². The van der Waals surface area contributed by atoms with Gasteiger partial charge in [0, 0.05) is 61.8 Å². The van der Waals surface area contributed by atoms with Crippen molar-refractivity contribution in [1.82, 2.24) is 9.80 Å². The number of carbonyl (C=O) groups is 2. The maximum Gasteiger partial charge on any atom is 0.333 e. The molecule has 4 fully saturated rings. The Kier molecular flexibility index (Phi) is 18.8. The second-order valence-corrected chi connectivity index (χ2v) is 27.2. The zero-order valence-electron chi connectivity index (χ0n) is 55.9. The maximum atomic E-state index is 17.9. The highest BCUT2D eigenvalue weighted by Gasteiger charge is 2.71. The van der Waals surface area contributed by atoms with Gasteiger partial charge in [0.1, 0.15) is 69.4 Å². The molecule has 0 amide bonds. The number of phenols is 4. The first-order valence-electron chi connectivity index (χ1n) is 32.6. The van der Waals surface area contributed by atoms with Crippen molar-refractivity contribution in [2.75, 3.05) is 42.4 Å². The normalized spacial score (nSPS) is 35.4. The van der Waals surface area contributed by atoms with Crippen LogP contribution >= 0.6 is 0 Å². The predicted molar refractivity (Wildman–Crippen MR) is 341 cm³/mol. The van der Waals surface area contributed by atoms with Gasteiger partial charge in [0.15, 0.2) is 58.4 Å². The van der Waals surface area contributed by atoms with Crippen molar-refractivity contribution in [3.8, 4) is 23.0 Å². The molecule has 6 aromatic rings. The van der Waals surface area contributed by atoms with Gasteiger partial charge in [-0.25, -0.2) is 0 Å². The summed E-state index contributed by atoms with van der Waals surface area (Å²) in [7, 11) is 9.47. The summed E-state index contributed by atoms with van der Waals surface area (Å²) in [5.41, 5.74) is 11.4. The number of hydrogen-bond acceptors (Lipinski definition) is 26. The summed E-state index contributed by atoms with van der Waals surface area (Å²) in [5.74, 6) is -11.6. The number of aliphatic hydroxyl groups is 4. The van der Waals surface area contributed by atoms with Gasteiger partial charge in [0.05, 0.1) is 105 Å². The molecule has 4 saturated heterocycles. The molecule has 0 unspecified atom stereocenters. The smallest absolute Gasteiger partial charge is 0.333 e. The van der Waals surface area contributed by atoms with Gasteiger partial charge in [-0.3, -0.25) is 28.8 Å². The fraction of sp³-hybridized carbons (Fsp3) is 0.588. The van der Waals surface area contributed by atoms with Gasteiger partial charge < -0.3 is 109 Å². The van der Waals surface area contributed by atoms with Crippen molar-refractivity contribution >= 4 is 54.7 Å². The number of benzene rings is 4. The highest BCUT2D eigenvalue weighted by molar-refractivity contribution is 6.25. The molecule has 98 heavy (non-hydrogen) atoms. The molecule has 30 nitrogen and oxygen atoms in total. The van der Waals surface area contributed by atoms with Crippen LogP contribution < -0.4 is 32.4 Å². The van der Waals surface area contributed by atoms with Crippen LogP contribution in [0.5, 0.6) is 23.0 Å². The molecule has 12 rings (SSSR count). The van der Waals surface area contributed by atoms with Crippen LogP contribution in [0.15, 0.2) is 43.4 Å². The summed E-state index contributed by atoms with van der Waals surface area (Å²) < 4.78 is 67.5. The van der Waals surface area contributed by atoms with Crippen LogP contribution in [0.4, 0.5) is 0 Å². The number of hydrogen-bond donors (Lipinski definition) is 8. The van der Waals surface area contributed by atoms with Crippen LogP contribution in [0, 0.1) is 11.8 Å². The Hall–Kier alpha value is -7.26. The zero-order valence-corrected chi connectivity index (χ0v) is 55.9. The average molecular weight is 1370 g/mol. The molecule has 6 aromatic carbocycles. The summed E-state index contributed by atoms with van der Waals surface area (Å²) in [6.07, 6.45) is -24.5. The SMILES string of the molecule is CC[C@@]1(O[C@H]2C[C@H](OC)[C@@H](O)[C@H](C)O2)[C@H](O[C@H]2C[C@@H](O)[C@H](N(C)C)[C@@H](C)O2)c2c(c3c(O)c4c(=O)ccc(=O)c4c(O)c3c2=[N+]=[N-])C(=O)[C@@H]1[C@H]1C(=O)c2c(c(=[N+]=[N-])c3c(O)c4c(=O)ccc(=O)c4c(O)c23)[C@@H](O[C@H]2C[C@@H](O)[C@H](N(C)C)[C@@H](C)O2)[C@@]1(CC)O[C@H]1C[C@H](OC)[C@@H](O)[C@H](C)O1. The summed E-state index contributed by atoms with van der Waals surface area (Å²) in [6, 6.07) is 1.96. The van der Waals surface area contributed by atoms with E-state index in [1.807, 2.05) is 0 Å². The third-order valence-corrected chi connectivity index (χ3v) is 21.6. The number of rotatable bonds is 15. The number of aromatic hydroxyl groups is 4. The van der Waals surface area contributed by atoms with Crippen LogP contribution in [-0.2, 0) is 47.4 Å². The zero-order chi connectivity index (χ0) is 71.1. The number of methoxy groups -OCH3 is 2. The lowest BCUT2D eigenvalue weighted by Crippen LogP contribution is -2.68. The number of phenolic OH excluding ortho intramolecular Hbond substituents is 4. The minimum atomic E-state index is -2.67. The molecule has 8 N–H and O–H groups in total. The molecule has 4 aliphatic heterocycles. The summed E-state index contributed by atoms with van der Waals surface area (Å²) in [6.45, 7) is 9.33. The van der Waals surface area contributed by atoms with Crippen molar-refractivity contribution in [2.45, 2.75) is 202 Å². The number of fused-ring (bicyclic) bond motifs is 8. The number of nitrogens with zero attached hydrogens (tertiary/aromatic N) is 6. The fourth-order valence-corrected chi connectivity index (χ4v) is 17.2. The number of ether oxygens (including phenoxy) is 10. The van der Waals surface area contributed by atoms with E-state index in [0.29, 0.717) is 0 Å². The van der Waals surface area contributed by atoms with E-state index in [0.717, 1.165) is 24.3 Å². The van der Waals surface area contributed by atoms with Crippen molar-refractivity contribution in [3.05, 3.63) is 109 Å². The van der Waals surface area contributed by atoms with Gasteiger partial charge in [-0.2, -0.15) is 9.58 Å². The third-order valence-electron chi connectivity index (χ3n) is 21.6. The highest BCUT2D eigenvalue weighted by atomic mass is 16.7. The molecule has 0 radical (unpaired) electrons. The lowest BCUT2D eigenvalue weighted by atomic mass is 9.55. The Labute approximate surface area is 558 Å². The van der Waals surface area contributed by atoms with Crippen molar-refractivity contribution in [2.24, 2.45) is 11.8 Å². The third kappa shape index (κ3) is 10.5. The van der Waals surface area contributed by atoms with Crippen molar-refractivity contribution < 1.29 is 107 Å². The Morgan fingerprint density at radius 3 is 1.06 bits per heavy atom. The van der Waals surface area contributed by atoms with E-state index >= 15 is 9.59 Å².